The first-order valence-electron chi connectivity index (χ1n) is 9.74. The van der Waals surface area contributed by atoms with Crippen molar-refractivity contribution in [3.05, 3.63) is 53.5 Å². The Bertz CT molecular complexity index is 1020. The van der Waals surface area contributed by atoms with Crippen molar-refractivity contribution < 1.29 is 13.6 Å². The number of carbonyl (C=O) groups is 1. The van der Waals surface area contributed by atoms with E-state index in [0.717, 1.165) is 6.92 Å². The van der Waals surface area contributed by atoms with Crippen molar-refractivity contribution in [1.82, 2.24) is 14.9 Å². The van der Waals surface area contributed by atoms with Gasteiger partial charge in [0.25, 0.3) is 11.8 Å². The van der Waals surface area contributed by atoms with E-state index >= 15 is 0 Å². The predicted molar refractivity (Wildman–Crippen MR) is 112 cm³/mol. The van der Waals surface area contributed by atoms with Crippen LogP contribution in [0.3, 0.4) is 0 Å². The molecule has 0 saturated carbocycles. The molecule has 1 unspecified atom stereocenters. The Labute approximate surface area is 179 Å². The lowest BCUT2D eigenvalue weighted by molar-refractivity contribution is 0.0746. The number of carbonyl (C=O) groups excluding carboxylic acids is 1. The third-order valence-electron chi connectivity index (χ3n) is 5.09. The number of amides is 1. The third kappa shape index (κ3) is 5.19. The second kappa shape index (κ2) is 9.14. The highest BCUT2D eigenvalue weighted by atomic mass is 19.3. The van der Waals surface area contributed by atoms with Crippen LogP contribution in [0, 0.1) is 11.3 Å². The molecular weight excluding hydrogens is 404 g/mol. The van der Waals surface area contributed by atoms with Crippen molar-refractivity contribution in [3.8, 4) is 6.07 Å². The second-order valence-corrected chi connectivity index (χ2v) is 7.29. The van der Waals surface area contributed by atoms with E-state index in [-0.39, 0.29) is 17.3 Å². The molecule has 0 radical (unpaired) electrons. The molecule has 8 nitrogen and oxygen atoms in total. The van der Waals surface area contributed by atoms with Gasteiger partial charge >= 0.3 is 0 Å². The summed E-state index contributed by atoms with van der Waals surface area (Å²) in [6, 6.07) is 8.58. The molecule has 1 aliphatic rings. The van der Waals surface area contributed by atoms with Gasteiger partial charge in [0, 0.05) is 51.1 Å². The number of hydrogen-bond donors (Lipinski definition) is 1. The van der Waals surface area contributed by atoms with Gasteiger partial charge in [0.2, 0.25) is 0 Å². The molecule has 2 N–H and O–H groups in total. The molecule has 2 aromatic rings. The van der Waals surface area contributed by atoms with Gasteiger partial charge in [-0.2, -0.15) is 5.26 Å². The normalized spacial score (nSPS) is 16.1. The SMILES string of the molecule is C/C(=N\C(N)c1cccc(C(=O)N2CCN(c3nccnc3C#N)CC2)c1)C(C)(F)F. The maximum Gasteiger partial charge on any atom is 0.282 e. The van der Waals surface area contributed by atoms with E-state index in [1.807, 2.05) is 11.0 Å². The van der Waals surface area contributed by atoms with E-state index in [1.165, 1.54) is 19.3 Å². The van der Waals surface area contributed by atoms with Crippen molar-refractivity contribution in [2.75, 3.05) is 31.1 Å². The number of aliphatic imine (C=N–C) groups is 1. The highest BCUT2D eigenvalue weighted by Crippen LogP contribution is 2.21. The molecule has 0 bridgehead atoms. The summed E-state index contributed by atoms with van der Waals surface area (Å²) in [5.41, 5.74) is 6.73. The highest BCUT2D eigenvalue weighted by Gasteiger charge is 2.27. The van der Waals surface area contributed by atoms with E-state index in [4.69, 9.17) is 5.73 Å². The van der Waals surface area contributed by atoms with Crippen LogP contribution in [0.15, 0.2) is 41.7 Å². The molecule has 162 valence electrons. The van der Waals surface area contributed by atoms with Gasteiger partial charge in [-0.1, -0.05) is 12.1 Å². The molecule has 1 aliphatic heterocycles. The lowest BCUT2D eigenvalue weighted by Gasteiger charge is -2.35. The molecule has 31 heavy (non-hydrogen) atoms. The molecule has 1 aromatic heterocycles. The monoisotopic (exact) mass is 427 g/mol. The number of nitrogens with zero attached hydrogens (tertiary/aromatic N) is 6. The number of hydrogen-bond acceptors (Lipinski definition) is 7. The van der Waals surface area contributed by atoms with Crippen LogP contribution in [-0.2, 0) is 0 Å². The Morgan fingerprint density at radius 2 is 1.94 bits per heavy atom. The fraction of sp³-hybridized carbons (Fsp3) is 0.381. The number of benzene rings is 1. The summed E-state index contributed by atoms with van der Waals surface area (Å²) >= 11 is 0. The molecule has 10 heteroatoms. The average Bonchev–Trinajstić information content (AvgIpc) is 2.78. The number of halogens is 2. The van der Waals surface area contributed by atoms with Gasteiger partial charge < -0.3 is 15.5 Å². The summed E-state index contributed by atoms with van der Waals surface area (Å²) in [6.45, 7) is 3.88. The quantitative estimate of drug-likeness (QED) is 0.734. The topological polar surface area (TPSA) is 112 Å². The number of rotatable bonds is 5. The van der Waals surface area contributed by atoms with Gasteiger partial charge in [-0.3, -0.25) is 9.79 Å². The summed E-state index contributed by atoms with van der Waals surface area (Å²) in [6.07, 6.45) is 2.00. The Balaban J connectivity index is 1.69. The van der Waals surface area contributed by atoms with Crippen LogP contribution in [0.2, 0.25) is 0 Å². The van der Waals surface area contributed by atoms with Gasteiger partial charge in [-0.05, 0) is 24.6 Å². The third-order valence-corrected chi connectivity index (χ3v) is 5.09. The first kappa shape index (κ1) is 22.2. The number of anilines is 1. The molecule has 1 amide bonds. The van der Waals surface area contributed by atoms with Crippen molar-refractivity contribution in [3.63, 3.8) is 0 Å². The molecule has 1 saturated heterocycles. The van der Waals surface area contributed by atoms with E-state index in [1.54, 1.807) is 29.2 Å². The molecule has 1 atom stereocenters. The van der Waals surface area contributed by atoms with E-state index in [9.17, 15) is 18.8 Å². The minimum Gasteiger partial charge on any atom is -0.351 e. The van der Waals surface area contributed by atoms with Crippen LogP contribution in [0.25, 0.3) is 0 Å². The first-order chi connectivity index (χ1) is 14.7. The van der Waals surface area contributed by atoms with Crippen LogP contribution in [0.1, 0.15) is 41.6 Å². The van der Waals surface area contributed by atoms with E-state index in [2.05, 4.69) is 15.0 Å². The summed E-state index contributed by atoms with van der Waals surface area (Å²) in [4.78, 5) is 28.7. The molecule has 2 heterocycles. The number of nitriles is 1. The minimum absolute atomic E-state index is 0.185. The van der Waals surface area contributed by atoms with Crippen molar-refractivity contribution in [1.29, 1.82) is 5.26 Å². The lowest BCUT2D eigenvalue weighted by atomic mass is 10.1. The number of alkyl halides is 2. The zero-order valence-corrected chi connectivity index (χ0v) is 17.3. The fourth-order valence-electron chi connectivity index (χ4n) is 3.20. The molecule has 1 fully saturated rings. The Morgan fingerprint density at radius 3 is 2.58 bits per heavy atom. The van der Waals surface area contributed by atoms with Gasteiger partial charge in [0.1, 0.15) is 12.2 Å². The zero-order chi connectivity index (χ0) is 22.6. The minimum atomic E-state index is -3.06. The second-order valence-electron chi connectivity index (χ2n) is 7.29. The maximum atomic E-state index is 13.4. The summed E-state index contributed by atoms with van der Waals surface area (Å²) in [7, 11) is 0. The first-order valence-corrected chi connectivity index (χ1v) is 9.74. The van der Waals surface area contributed by atoms with E-state index in [0.29, 0.717) is 43.1 Å². The molecule has 0 aliphatic carbocycles. The van der Waals surface area contributed by atoms with E-state index < -0.39 is 12.1 Å². The largest absolute Gasteiger partial charge is 0.351 e. The van der Waals surface area contributed by atoms with Gasteiger partial charge in [0.05, 0.1) is 5.71 Å². The average molecular weight is 427 g/mol. The van der Waals surface area contributed by atoms with Crippen molar-refractivity contribution in [2.24, 2.45) is 10.7 Å². The number of piperazine rings is 1. The van der Waals surface area contributed by atoms with Crippen molar-refractivity contribution >= 4 is 17.4 Å². The summed E-state index contributed by atoms with van der Waals surface area (Å²) in [5.74, 6) is -2.74. The Hall–Kier alpha value is -3.45. The van der Waals surface area contributed by atoms with Crippen LogP contribution < -0.4 is 10.6 Å². The lowest BCUT2D eigenvalue weighted by Crippen LogP contribution is -2.49. The molecule has 1 aromatic carbocycles. The Kier molecular flexibility index (Phi) is 6.56. The highest BCUT2D eigenvalue weighted by molar-refractivity contribution is 5.94. The van der Waals surface area contributed by atoms with Crippen LogP contribution in [0.5, 0.6) is 0 Å². The standard InChI is InChI=1S/C21H23F2N7O/c1-14(21(2,22)23)28-18(25)15-4-3-5-16(12-15)20(31)30-10-8-29(9-11-30)19-17(13-24)26-6-7-27-19/h3-7,12,18H,8-11,25H2,1-2H3/b28-14+. The summed E-state index contributed by atoms with van der Waals surface area (Å²) < 4.78 is 26.7. The van der Waals surface area contributed by atoms with Gasteiger partial charge in [-0.25, -0.2) is 18.7 Å². The van der Waals surface area contributed by atoms with Crippen LogP contribution >= 0.6 is 0 Å². The van der Waals surface area contributed by atoms with Gasteiger partial charge in [-0.15, -0.1) is 0 Å². The smallest absolute Gasteiger partial charge is 0.282 e. The predicted octanol–water partition coefficient (Wildman–Crippen LogP) is 2.38. The molecule has 3 rings (SSSR count). The zero-order valence-electron chi connectivity index (χ0n) is 17.3. The molecule has 0 spiro atoms. The Morgan fingerprint density at radius 1 is 1.26 bits per heavy atom. The van der Waals surface area contributed by atoms with Crippen LogP contribution in [-0.4, -0.2) is 58.6 Å². The van der Waals surface area contributed by atoms with Crippen LogP contribution in [0.4, 0.5) is 14.6 Å². The van der Waals surface area contributed by atoms with Gasteiger partial charge in [0.15, 0.2) is 11.5 Å². The molecular formula is C21H23F2N7O. The summed E-state index contributed by atoms with van der Waals surface area (Å²) in [5, 5.41) is 9.20. The van der Waals surface area contributed by atoms with Crippen molar-refractivity contribution in [2.45, 2.75) is 25.9 Å². The number of nitrogens with two attached hydrogens (primary N) is 1. The fourth-order valence-corrected chi connectivity index (χ4v) is 3.20. The number of aromatic nitrogens is 2. The maximum absolute atomic E-state index is 13.4.